The van der Waals surface area contributed by atoms with E-state index in [1.807, 2.05) is 6.92 Å². The molecule has 0 fully saturated rings. The standard InChI is InChI=1S/C8H18N/c1-5-8(4,9)6-7(2)3/h7,9H,5-6H2,1-4H3. The highest BCUT2D eigenvalue weighted by atomic mass is 14.7. The highest BCUT2D eigenvalue weighted by molar-refractivity contribution is 4.76. The predicted octanol–water partition coefficient (Wildman–Crippen LogP) is 2.48. The van der Waals surface area contributed by atoms with Crippen molar-refractivity contribution < 1.29 is 0 Å². The maximum Gasteiger partial charge on any atom is 0.0295 e. The van der Waals surface area contributed by atoms with Crippen LogP contribution in [0.2, 0.25) is 0 Å². The Labute approximate surface area is 58.6 Å². The van der Waals surface area contributed by atoms with E-state index in [2.05, 4.69) is 20.8 Å². The molecule has 0 bridgehead atoms. The van der Waals surface area contributed by atoms with E-state index in [4.69, 9.17) is 5.73 Å². The van der Waals surface area contributed by atoms with Gasteiger partial charge in [0.1, 0.15) is 0 Å². The Morgan fingerprint density at radius 1 is 1.44 bits per heavy atom. The summed E-state index contributed by atoms with van der Waals surface area (Å²) in [5.74, 6) is 0.660. The summed E-state index contributed by atoms with van der Waals surface area (Å²) in [6.45, 7) is 8.42. The van der Waals surface area contributed by atoms with Gasteiger partial charge in [-0.25, -0.2) is 0 Å². The van der Waals surface area contributed by atoms with Crippen LogP contribution in [0.25, 0.3) is 0 Å². The average molecular weight is 128 g/mol. The lowest BCUT2D eigenvalue weighted by atomic mass is 9.90. The zero-order valence-corrected chi connectivity index (χ0v) is 6.99. The molecule has 0 aromatic rings. The summed E-state index contributed by atoms with van der Waals surface area (Å²) in [5.41, 5.74) is 7.52. The lowest BCUT2D eigenvalue weighted by Gasteiger charge is -2.23. The lowest BCUT2D eigenvalue weighted by molar-refractivity contribution is 0.347. The van der Waals surface area contributed by atoms with Crippen LogP contribution >= 0.6 is 0 Å². The van der Waals surface area contributed by atoms with Crippen LogP contribution in [0.1, 0.15) is 40.5 Å². The van der Waals surface area contributed by atoms with E-state index in [0.29, 0.717) is 5.92 Å². The molecule has 1 unspecified atom stereocenters. The molecule has 0 aromatic carbocycles. The van der Waals surface area contributed by atoms with Crippen molar-refractivity contribution in [3.8, 4) is 0 Å². The second kappa shape index (κ2) is 3.21. The van der Waals surface area contributed by atoms with Crippen LogP contribution in [0.5, 0.6) is 0 Å². The maximum atomic E-state index is 7.71. The van der Waals surface area contributed by atoms with E-state index in [0.717, 1.165) is 12.8 Å². The molecule has 0 aromatic heterocycles. The summed E-state index contributed by atoms with van der Waals surface area (Å²) in [5, 5.41) is 0. The van der Waals surface area contributed by atoms with Crippen LogP contribution in [0.15, 0.2) is 0 Å². The van der Waals surface area contributed by atoms with E-state index >= 15 is 0 Å². The third-order valence-electron chi connectivity index (χ3n) is 1.64. The van der Waals surface area contributed by atoms with Gasteiger partial charge < -0.3 is 0 Å². The van der Waals surface area contributed by atoms with E-state index < -0.39 is 0 Å². The van der Waals surface area contributed by atoms with E-state index in [-0.39, 0.29) is 5.54 Å². The smallest absolute Gasteiger partial charge is 0.0295 e. The molecule has 0 saturated heterocycles. The average Bonchev–Trinajstić information content (AvgIpc) is 1.63. The summed E-state index contributed by atoms with van der Waals surface area (Å²) >= 11 is 0. The van der Waals surface area contributed by atoms with Crippen molar-refractivity contribution in [2.45, 2.75) is 46.1 Å². The van der Waals surface area contributed by atoms with Gasteiger partial charge in [0, 0.05) is 5.54 Å². The summed E-state index contributed by atoms with van der Waals surface area (Å²) in [6.07, 6.45) is 1.98. The maximum absolute atomic E-state index is 7.71. The van der Waals surface area contributed by atoms with Gasteiger partial charge in [-0.2, -0.15) is 0 Å². The Morgan fingerprint density at radius 2 is 1.89 bits per heavy atom. The van der Waals surface area contributed by atoms with E-state index in [9.17, 15) is 0 Å². The minimum atomic E-state index is -0.186. The highest BCUT2D eigenvalue weighted by Gasteiger charge is 2.17. The Hall–Kier alpha value is -0.0400. The third-order valence-corrected chi connectivity index (χ3v) is 1.64. The molecule has 0 aliphatic heterocycles. The van der Waals surface area contributed by atoms with Gasteiger partial charge in [-0.15, -0.1) is 0 Å². The molecular formula is C8H18N. The van der Waals surface area contributed by atoms with Crippen molar-refractivity contribution in [2.75, 3.05) is 0 Å². The zero-order chi connectivity index (χ0) is 7.49. The van der Waals surface area contributed by atoms with Crippen molar-refractivity contribution in [3.63, 3.8) is 0 Å². The number of hydrogen-bond acceptors (Lipinski definition) is 0. The molecule has 1 radical (unpaired) electrons. The molecule has 0 aliphatic rings. The van der Waals surface area contributed by atoms with Gasteiger partial charge in [0.2, 0.25) is 0 Å². The minimum Gasteiger partial charge on any atom is -0.251 e. The SMILES string of the molecule is CCC(C)([NH])CC(C)C. The third kappa shape index (κ3) is 4.46. The molecular weight excluding hydrogens is 110 g/mol. The van der Waals surface area contributed by atoms with E-state index in [1.54, 1.807) is 0 Å². The molecule has 1 atom stereocenters. The van der Waals surface area contributed by atoms with Crippen LogP contribution < -0.4 is 5.73 Å². The predicted molar refractivity (Wildman–Crippen MR) is 41.2 cm³/mol. The number of rotatable bonds is 3. The Bertz CT molecular complexity index is 74.6. The van der Waals surface area contributed by atoms with Crippen LogP contribution in [-0.2, 0) is 0 Å². The molecule has 9 heavy (non-hydrogen) atoms. The molecule has 1 nitrogen and oxygen atoms in total. The number of hydrogen-bond donors (Lipinski definition) is 0. The summed E-state index contributed by atoms with van der Waals surface area (Å²) in [4.78, 5) is 0. The quantitative estimate of drug-likeness (QED) is 0.557. The Morgan fingerprint density at radius 3 is 2.00 bits per heavy atom. The van der Waals surface area contributed by atoms with Crippen molar-refractivity contribution >= 4 is 0 Å². The summed E-state index contributed by atoms with van der Waals surface area (Å²) in [6, 6.07) is 0. The fraction of sp³-hybridized carbons (Fsp3) is 1.00. The molecule has 0 aliphatic carbocycles. The van der Waals surface area contributed by atoms with Crippen LogP contribution in [0.4, 0.5) is 0 Å². The molecule has 0 amide bonds. The van der Waals surface area contributed by atoms with E-state index in [1.165, 1.54) is 0 Å². The minimum absolute atomic E-state index is 0.186. The largest absolute Gasteiger partial charge is 0.251 e. The second-order valence-corrected chi connectivity index (χ2v) is 3.51. The molecule has 1 heteroatoms. The molecule has 0 rings (SSSR count). The van der Waals surface area contributed by atoms with Gasteiger partial charge in [-0.3, -0.25) is 5.73 Å². The fourth-order valence-electron chi connectivity index (χ4n) is 1.05. The van der Waals surface area contributed by atoms with Crippen molar-refractivity contribution in [3.05, 3.63) is 0 Å². The topological polar surface area (TPSA) is 23.8 Å². The normalized spacial score (nSPS) is 18.0. The first-order valence-corrected chi connectivity index (χ1v) is 3.73. The summed E-state index contributed by atoms with van der Waals surface area (Å²) in [7, 11) is 0. The van der Waals surface area contributed by atoms with Gasteiger partial charge in [0.05, 0.1) is 0 Å². The molecule has 0 heterocycles. The van der Waals surface area contributed by atoms with Crippen LogP contribution in [0.3, 0.4) is 0 Å². The summed E-state index contributed by atoms with van der Waals surface area (Å²) < 4.78 is 0. The van der Waals surface area contributed by atoms with Crippen molar-refractivity contribution in [1.82, 2.24) is 5.73 Å². The van der Waals surface area contributed by atoms with Gasteiger partial charge in [-0.05, 0) is 25.7 Å². The second-order valence-electron chi connectivity index (χ2n) is 3.51. The van der Waals surface area contributed by atoms with Gasteiger partial charge >= 0.3 is 0 Å². The lowest BCUT2D eigenvalue weighted by Crippen LogP contribution is -2.26. The fourth-order valence-corrected chi connectivity index (χ4v) is 1.05. The first kappa shape index (κ1) is 8.96. The van der Waals surface area contributed by atoms with Crippen LogP contribution in [-0.4, -0.2) is 5.54 Å². The van der Waals surface area contributed by atoms with Gasteiger partial charge in [0.25, 0.3) is 0 Å². The zero-order valence-electron chi connectivity index (χ0n) is 6.99. The highest BCUT2D eigenvalue weighted by Crippen LogP contribution is 2.17. The first-order valence-electron chi connectivity index (χ1n) is 3.73. The Balaban J connectivity index is 3.58. The molecule has 1 N–H and O–H groups in total. The first-order chi connectivity index (χ1) is 3.98. The molecule has 0 spiro atoms. The Kier molecular flexibility index (Phi) is 3.20. The molecule has 55 valence electrons. The van der Waals surface area contributed by atoms with Crippen LogP contribution in [0, 0.1) is 5.92 Å². The molecule has 0 saturated carbocycles. The monoisotopic (exact) mass is 128 g/mol. The number of nitrogens with one attached hydrogen (secondary N) is 1. The van der Waals surface area contributed by atoms with Crippen molar-refractivity contribution in [2.24, 2.45) is 5.92 Å². The van der Waals surface area contributed by atoms with Gasteiger partial charge in [-0.1, -0.05) is 20.8 Å². The van der Waals surface area contributed by atoms with Crippen molar-refractivity contribution in [1.29, 1.82) is 0 Å². The van der Waals surface area contributed by atoms with Gasteiger partial charge in [0.15, 0.2) is 0 Å².